The molecule has 0 saturated carbocycles. The minimum Gasteiger partial charge on any atom is -0.462 e. The van der Waals surface area contributed by atoms with Crippen molar-refractivity contribution in [1.82, 2.24) is 0 Å². The number of carbonyl (C=O) groups excluding carboxylic acids is 3. The average Bonchev–Trinajstić information content (AvgIpc) is 3.39. The number of rotatable bonds is 52. The highest BCUT2D eigenvalue weighted by Gasteiger charge is 2.19. The number of carbonyl (C=O) groups is 3. The highest BCUT2D eigenvalue weighted by molar-refractivity contribution is 5.71. The minimum absolute atomic E-state index is 0.109. The molecule has 0 amide bonds. The van der Waals surface area contributed by atoms with Crippen molar-refractivity contribution in [2.24, 2.45) is 0 Å². The summed E-state index contributed by atoms with van der Waals surface area (Å²) in [5, 5.41) is 0. The summed E-state index contributed by atoms with van der Waals surface area (Å²) < 4.78 is 16.8. The van der Waals surface area contributed by atoms with Crippen LogP contribution in [-0.2, 0) is 28.6 Å². The molecule has 0 fully saturated rings. The molecule has 0 saturated heterocycles. The lowest BCUT2D eigenvalue weighted by Crippen LogP contribution is -2.30. The minimum atomic E-state index is -0.815. The van der Waals surface area contributed by atoms with E-state index in [1.54, 1.807) is 0 Å². The maximum atomic E-state index is 12.9. The van der Waals surface area contributed by atoms with E-state index >= 15 is 0 Å². The zero-order chi connectivity index (χ0) is 52.9. The SMILES string of the molecule is CC/C=C\C/C=C\C/C=C\C/C=C\C/C=C\C/C=C\CCCCC(=O)OCC(COC(=O)CCCCCCC/C=C\C/C=C\CCCCC)OC(=O)CCCCCCCC/C=C\C/C=C\C/C=C\CCCCC. The van der Waals surface area contributed by atoms with Crippen molar-refractivity contribution in [2.45, 2.75) is 258 Å². The molecule has 0 aliphatic carbocycles. The molecule has 6 nitrogen and oxygen atoms in total. The molecule has 0 spiro atoms. The van der Waals surface area contributed by atoms with Gasteiger partial charge >= 0.3 is 17.9 Å². The van der Waals surface area contributed by atoms with Crippen LogP contribution >= 0.6 is 0 Å². The molecule has 1 atom stereocenters. The van der Waals surface area contributed by atoms with Crippen molar-refractivity contribution in [3.05, 3.63) is 134 Å². The van der Waals surface area contributed by atoms with Gasteiger partial charge in [0.05, 0.1) is 0 Å². The Hall–Kier alpha value is -4.45. The zero-order valence-corrected chi connectivity index (χ0v) is 47.1. The molecule has 0 bridgehead atoms. The Morgan fingerprint density at radius 1 is 0.288 bits per heavy atom. The van der Waals surface area contributed by atoms with E-state index in [4.69, 9.17) is 14.2 Å². The Kier molecular flexibility index (Phi) is 56.4. The van der Waals surface area contributed by atoms with Crippen LogP contribution in [0, 0.1) is 0 Å². The number of allylic oxidation sites excluding steroid dienone is 22. The first kappa shape index (κ1) is 68.6. The first-order valence-corrected chi connectivity index (χ1v) is 29.7. The van der Waals surface area contributed by atoms with Crippen LogP contribution in [0.3, 0.4) is 0 Å². The largest absolute Gasteiger partial charge is 0.462 e. The molecule has 0 radical (unpaired) electrons. The van der Waals surface area contributed by atoms with Crippen LogP contribution in [0.5, 0.6) is 0 Å². The molecule has 0 rings (SSSR count). The number of esters is 3. The van der Waals surface area contributed by atoms with Crippen molar-refractivity contribution in [3.63, 3.8) is 0 Å². The van der Waals surface area contributed by atoms with Gasteiger partial charge in [-0.1, -0.05) is 225 Å². The second-order valence-corrected chi connectivity index (χ2v) is 19.2. The molecule has 412 valence electrons. The van der Waals surface area contributed by atoms with Gasteiger partial charge in [0.2, 0.25) is 0 Å². The standard InChI is InChI=1S/C67H108O6/c1-4-7-10-13-16-19-22-25-28-30-32-33-35-36-39-42-45-48-51-54-57-60-66(69)72-63-64(62-71-65(68)59-56-53-50-47-44-41-38-27-24-21-18-15-12-9-6-3)73-67(70)61-58-55-52-49-46-43-40-37-34-31-29-26-23-20-17-14-11-8-5-2/h7,10,16-21,25-29,32-34,36-39,45,48,64H,4-6,8-9,11-15,22-24,30-31,35,40-44,46-47,49-63H2,1-3H3/b10-7-,19-16-,20-17-,21-18-,28-25-,29-26-,33-32-,37-34-,38-27-,39-36-,48-45-. The maximum Gasteiger partial charge on any atom is 0.306 e. The third-order valence-electron chi connectivity index (χ3n) is 12.1. The molecular weight excluding hydrogens is 901 g/mol. The Labute approximate surface area is 449 Å². The van der Waals surface area contributed by atoms with Crippen molar-refractivity contribution >= 4 is 17.9 Å². The molecular formula is C67H108O6. The van der Waals surface area contributed by atoms with E-state index in [0.29, 0.717) is 25.7 Å². The van der Waals surface area contributed by atoms with Crippen LogP contribution in [0.4, 0.5) is 0 Å². The Morgan fingerprint density at radius 3 is 0.863 bits per heavy atom. The molecule has 1 unspecified atom stereocenters. The number of hydrogen-bond acceptors (Lipinski definition) is 6. The Morgan fingerprint density at radius 2 is 0.534 bits per heavy atom. The quantitative estimate of drug-likeness (QED) is 0.0261. The van der Waals surface area contributed by atoms with Gasteiger partial charge in [0.25, 0.3) is 0 Å². The van der Waals surface area contributed by atoms with E-state index in [2.05, 4.69) is 154 Å². The molecule has 0 aromatic heterocycles. The average molecular weight is 1010 g/mol. The van der Waals surface area contributed by atoms with Gasteiger partial charge in [0.1, 0.15) is 13.2 Å². The maximum absolute atomic E-state index is 12.9. The first-order chi connectivity index (χ1) is 36.0. The molecule has 0 aromatic carbocycles. The topological polar surface area (TPSA) is 78.9 Å². The molecule has 0 aromatic rings. The van der Waals surface area contributed by atoms with Gasteiger partial charge in [-0.05, 0) is 141 Å². The van der Waals surface area contributed by atoms with Crippen LogP contribution < -0.4 is 0 Å². The monoisotopic (exact) mass is 1010 g/mol. The number of unbranched alkanes of at least 4 members (excludes halogenated alkanes) is 19. The van der Waals surface area contributed by atoms with Gasteiger partial charge in [-0.15, -0.1) is 0 Å². The second-order valence-electron chi connectivity index (χ2n) is 19.2. The molecule has 0 aliphatic rings. The highest BCUT2D eigenvalue weighted by atomic mass is 16.6. The van der Waals surface area contributed by atoms with E-state index in [1.165, 1.54) is 64.2 Å². The lowest BCUT2D eigenvalue weighted by molar-refractivity contribution is -0.167. The lowest BCUT2D eigenvalue weighted by atomic mass is 10.1. The summed E-state index contributed by atoms with van der Waals surface area (Å²) in [6.07, 6.45) is 84.4. The van der Waals surface area contributed by atoms with Crippen molar-refractivity contribution < 1.29 is 28.6 Å². The fraction of sp³-hybridized carbons (Fsp3) is 0.627. The normalized spacial score (nSPS) is 13.1. The summed E-state index contributed by atoms with van der Waals surface area (Å²) in [7, 11) is 0. The predicted octanol–water partition coefficient (Wildman–Crippen LogP) is 20.2. The summed E-state index contributed by atoms with van der Waals surface area (Å²) in [6, 6.07) is 0. The smallest absolute Gasteiger partial charge is 0.306 e. The fourth-order valence-corrected chi connectivity index (χ4v) is 7.66. The van der Waals surface area contributed by atoms with E-state index in [9.17, 15) is 14.4 Å². The first-order valence-electron chi connectivity index (χ1n) is 29.7. The number of hydrogen-bond donors (Lipinski definition) is 0. The van der Waals surface area contributed by atoms with Crippen LogP contribution in [0.1, 0.15) is 252 Å². The third kappa shape index (κ3) is 58.3. The van der Waals surface area contributed by atoms with Crippen LogP contribution in [0.25, 0.3) is 0 Å². The van der Waals surface area contributed by atoms with E-state index < -0.39 is 6.10 Å². The van der Waals surface area contributed by atoms with Crippen LogP contribution in [0.2, 0.25) is 0 Å². The van der Waals surface area contributed by atoms with Crippen LogP contribution in [0.15, 0.2) is 134 Å². The molecule has 6 heteroatoms. The van der Waals surface area contributed by atoms with E-state index in [0.717, 1.165) is 141 Å². The molecule has 73 heavy (non-hydrogen) atoms. The lowest BCUT2D eigenvalue weighted by Gasteiger charge is -2.18. The summed E-state index contributed by atoms with van der Waals surface area (Å²) in [4.78, 5) is 38.2. The highest BCUT2D eigenvalue weighted by Crippen LogP contribution is 2.13. The van der Waals surface area contributed by atoms with Gasteiger partial charge < -0.3 is 14.2 Å². The Bertz CT molecular complexity index is 1580. The zero-order valence-electron chi connectivity index (χ0n) is 47.1. The summed E-state index contributed by atoms with van der Waals surface area (Å²) >= 11 is 0. The summed E-state index contributed by atoms with van der Waals surface area (Å²) in [6.45, 7) is 6.41. The summed E-state index contributed by atoms with van der Waals surface area (Å²) in [5.41, 5.74) is 0. The van der Waals surface area contributed by atoms with Crippen molar-refractivity contribution in [2.75, 3.05) is 13.2 Å². The van der Waals surface area contributed by atoms with Crippen molar-refractivity contribution in [3.8, 4) is 0 Å². The predicted molar refractivity (Wildman–Crippen MR) is 316 cm³/mol. The third-order valence-corrected chi connectivity index (χ3v) is 12.1. The van der Waals surface area contributed by atoms with E-state index in [-0.39, 0.29) is 31.1 Å². The molecule has 0 N–H and O–H groups in total. The molecule has 0 aliphatic heterocycles. The summed E-state index contributed by atoms with van der Waals surface area (Å²) in [5.74, 6) is -0.982. The van der Waals surface area contributed by atoms with Gasteiger partial charge in [-0.3, -0.25) is 14.4 Å². The van der Waals surface area contributed by atoms with Gasteiger partial charge in [-0.2, -0.15) is 0 Å². The van der Waals surface area contributed by atoms with Gasteiger partial charge in [0, 0.05) is 19.3 Å². The number of ether oxygens (including phenoxy) is 3. The van der Waals surface area contributed by atoms with Crippen molar-refractivity contribution in [1.29, 1.82) is 0 Å². The van der Waals surface area contributed by atoms with Crippen LogP contribution in [-0.4, -0.2) is 37.2 Å². The second kappa shape index (κ2) is 60.1. The van der Waals surface area contributed by atoms with Gasteiger partial charge in [-0.25, -0.2) is 0 Å². The molecule has 0 heterocycles. The van der Waals surface area contributed by atoms with Gasteiger partial charge in [0.15, 0.2) is 6.10 Å². The fourth-order valence-electron chi connectivity index (χ4n) is 7.66. The Balaban J connectivity index is 4.53. The van der Waals surface area contributed by atoms with E-state index in [1.807, 2.05) is 0 Å².